The molecule has 1 aliphatic rings. The molecule has 5 heteroatoms. The Morgan fingerprint density at radius 1 is 1.17 bits per heavy atom. The molecule has 0 aromatic rings. The molecule has 104 valence electrons. The van der Waals surface area contributed by atoms with Crippen LogP contribution in [0.3, 0.4) is 0 Å². The van der Waals surface area contributed by atoms with Gasteiger partial charge in [0.15, 0.2) is 0 Å². The van der Waals surface area contributed by atoms with Crippen LogP contribution in [0.5, 0.6) is 0 Å². The van der Waals surface area contributed by atoms with E-state index < -0.39 is 23.5 Å². The van der Waals surface area contributed by atoms with Crippen LogP contribution in [0.4, 0.5) is 0 Å². The Bertz CT molecular complexity index is 294. The van der Waals surface area contributed by atoms with Crippen molar-refractivity contribution < 1.29 is 24.2 Å². The van der Waals surface area contributed by atoms with Crippen LogP contribution in [0.25, 0.3) is 0 Å². The molecule has 0 radical (unpaired) electrons. The third-order valence-electron chi connectivity index (χ3n) is 3.59. The lowest BCUT2D eigenvalue weighted by molar-refractivity contribution is -0.155. The lowest BCUT2D eigenvalue weighted by Gasteiger charge is -2.34. The van der Waals surface area contributed by atoms with Gasteiger partial charge in [-0.05, 0) is 19.3 Å². The molecule has 0 heterocycles. The number of carbonyl (C=O) groups is 2. The maximum absolute atomic E-state index is 11.6. The van der Waals surface area contributed by atoms with E-state index in [4.69, 9.17) is 0 Å². The smallest absolute Gasteiger partial charge is 0.309 e. The van der Waals surface area contributed by atoms with Gasteiger partial charge in [-0.2, -0.15) is 0 Å². The summed E-state index contributed by atoms with van der Waals surface area (Å²) in [6, 6.07) is 0. The average Bonchev–Trinajstić information content (AvgIpc) is 2.37. The van der Waals surface area contributed by atoms with E-state index in [1.54, 1.807) is 0 Å². The summed E-state index contributed by atoms with van der Waals surface area (Å²) < 4.78 is 9.26. The minimum atomic E-state index is -0.842. The summed E-state index contributed by atoms with van der Waals surface area (Å²) in [7, 11) is 2.57. The van der Waals surface area contributed by atoms with Gasteiger partial charge >= 0.3 is 11.9 Å². The lowest BCUT2D eigenvalue weighted by Crippen LogP contribution is -2.37. The highest BCUT2D eigenvalue weighted by atomic mass is 16.5. The Kier molecular flexibility index (Phi) is 5.59. The fourth-order valence-electron chi connectivity index (χ4n) is 2.56. The third kappa shape index (κ3) is 4.29. The van der Waals surface area contributed by atoms with Crippen LogP contribution in [0, 0.1) is 5.92 Å². The minimum absolute atomic E-state index is 0.0362. The number of carbonyl (C=O) groups excluding carboxylic acids is 2. The molecule has 1 unspecified atom stereocenters. The molecule has 5 nitrogen and oxygen atoms in total. The molecule has 0 aromatic carbocycles. The number of hydrogen-bond acceptors (Lipinski definition) is 5. The molecule has 0 aliphatic heterocycles. The van der Waals surface area contributed by atoms with Crippen molar-refractivity contribution >= 4 is 11.9 Å². The topological polar surface area (TPSA) is 72.8 Å². The molecule has 0 saturated heterocycles. The quantitative estimate of drug-likeness (QED) is 0.755. The number of esters is 2. The SMILES string of the molecule is COC(=O)CC(CC1(O)CCCCC1)C(=O)OC. The Morgan fingerprint density at radius 3 is 2.28 bits per heavy atom. The summed E-state index contributed by atoms with van der Waals surface area (Å²) in [5.41, 5.74) is -0.842. The molecule has 1 aliphatic carbocycles. The zero-order valence-electron chi connectivity index (χ0n) is 11.1. The van der Waals surface area contributed by atoms with E-state index >= 15 is 0 Å². The van der Waals surface area contributed by atoms with E-state index in [0.717, 1.165) is 19.3 Å². The summed E-state index contributed by atoms with van der Waals surface area (Å²) >= 11 is 0. The maximum atomic E-state index is 11.6. The molecule has 1 rings (SSSR count). The van der Waals surface area contributed by atoms with Crippen LogP contribution in [-0.4, -0.2) is 36.9 Å². The number of hydrogen-bond donors (Lipinski definition) is 1. The van der Waals surface area contributed by atoms with Crippen molar-refractivity contribution in [2.24, 2.45) is 5.92 Å². The molecular formula is C13H22O5. The fraction of sp³-hybridized carbons (Fsp3) is 0.846. The molecule has 1 atom stereocenters. The zero-order chi connectivity index (χ0) is 13.6. The molecule has 0 spiro atoms. The molecule has 1 N–H and O–H groups in total. The van der Waals surface area contributed by atoms with Gasteiger partial charge in [0.25, 0.3) is 0 Å². The van der Waals surface area contributed by atoms with Crippen molar-refractivity contribution in [3.63, 3.8) is 0 Å². The van der Waals surface area contributed by atoms with E-state index in [1.165, 1.54) is 14.2 Å². The fourth-order valence-corrected chi connectivity index (χ4v) is 2.56. The summed E-state index contributed by atoms with van der Waals surface area (Å²) in [6.45, 7) is 0. The first-order chi connectivity index (χ1) is 8.50. The standard InChI is InChI=1S/C13H22O5/c1-17-11(14)8-10(12(15)18-2)9-13(16)6-4-3-5-7-13/h10,16H,3-9H2,1-2H3. The van der Waals surface area contributed by atoms with Crippen LogP contribution < -0.4 is 0 Å². The van der Waals surface area contributed by atoms with Gasteiger partial charge in [0.1, 0.15) is 0 Å². The summed E-state index contributed by atoms with van der Waals surface area (Å²) in [5, 5.41) is 10.4. The molecular weight excluding hydrogens is 236 g/mol. The predicted molar refractivity (Wildman–Crippen MR) is 64.8 cm³/mol. The first-order valence-electron chi connectivity index (χ1n) is 6.38. The predicted octanol–water partition coefficient (Wildman–Crippen LogP) is 1.42. The second-order valence-corrected chi connectivity index (χ2v) is 4.99. The first-order valence-corrected chi connectivity index (χ1v) is 6.38. The van der Waals surface area contributed by atoms with Crippen LogP contribution in [0.1, 0.15) is 44.9 Å². The van der Waals surface area contributed by atoms with Gasteiger partial charge in [-0.15, -0.1) is 0 Å². The van der Waals surface area contributed by atoms with E-state index in [0.29, 0.717) is 12.8 Å². The Morgan fingerprint density at radius 2 is 1.78 bits per heavy atom. The van der Waals surface area contributed by atoms with E-state index in [9.17, 15) is 14.7 Å². The average molecular weight is 258 g/mol. The van der Waals surface area contributed by atoms with Crippen molar-refractivity contribution in [2.75, 3.05) is 14.2 Å². The van der Waals surface area contributed by atoms with Crippen LogP contribution >= 0.6 is 0 Å². The number of aliphatic hydroxyl groups is 1. The van der Waals surface area contributed by atoms with Crippen LogP contribution in [0.15, 0.2) is 0 Å². The Balaban J connectivity index is 2.64. The second-order valence-electron chi connectivity index (χ2n) is 4.99. The molecule has 0 aromatic heterocycles. The highest BCUT2D eigenvalue weighted by Gasteiger charge is 2.36. The van der Waals surface area contributed by atoms with Gasteiger partial charge in [0.2, 0.25) is 0 Å². The van der Waals surface area contributed by atoms with Crippen LogP contribution in [0.2, 0.25) is 0 Å². The number of rotatable bonds is 5. The van der Waals surface area contributed by atoms with Gasteiger partial charge in [-0.25, -0.2) is 0 Å². The monoisotopic (exact) mass is 258 g/mol. The maximum Gasteiger partial charge on any atom is 0.309 e. The lowest BCUT2D eigenvalue weighted by atomic mass is 9.78. The van der Waals surface area contributed by atoms with Crippen molar-refractivity contribution in [1.82, 2.24) is 0 Å². The molecule has 0 bridgehead atoms. The zero-order valence-corrected chi connectivity index (χ0v) is 11.1. The normalized spacial score (nSPS) is 19.9. The van der Waals surface area contributed by atoms with Gasteiger partial charge < -0.3 is 14.6 Å². The Labute approximate surface area is 107 Å². The van der Waals surface area contributed by atoms with E-state index in [1.807, 2.05) is 0 Å². The van der Waals surface area contributed by atoms with E-state index in [-0.39, 0.29) is 12.8 Å². The Hall–Kier alpha value is -1.10. The summed E-state index contributed by atoms with van der Waals surface area (Å²) in [5.74, 6) is -1.53. The van der Waals surface area contributed by atoms with Crippen molar-refractivity contribution in [3.8, 4) is 0 Å². The highest BCUT2D eigenvalue weighted by molar-refractivity contribution is 5.79. The molecule has 1 saturated carbocycles. The summed E-state index contributed by atoms with van der Waals surface area (Å²) in [6.07, 6.45) is 4.64. The van der Waals surface area contributed by atoms with Crippen LogP contribution in [-0.2, 0) is 19.1 Å². The number of methoxy groups -OCH3 is 2. The van der Waals surface area contributed by atoms with Crippen molar-refractivity contribution in [3.05, 3.63) is 0 Å². The summed E-state index contributed by atoms with van der Waals surface area (Å²) in [4.78, 5) is 22.9. The van der Waals surface area contributed by atoms with Gasteiger partial charge in [-0.3, -0.25) is 9.59 Å². The molecule has 1 fully saturated rings. The van der Waals surface area contributed by atoms with Gasteiger partial charge in [-0.1, -0.05) is 19.3 Å². The molecule has 0 amide bonds. The first kappa shape index (κ1) is 15.0. The third-order valence-corrected chi connectivity index (χ3v) is 3.59. The van der Waals surface area contributed by atoms with E-state index in [2.05, 4.69) is 9.47 Å². The molecule has 18 heavy (non-hydrogen) atoms. The number of ether oxygens (including phenoxy) is 2. The minimum Gasteiger partial charge on any atom is -0.469 e. The van der Waals surface area contributed by atoms with Crippen molar-refractivity contribution in [1.29, 1.82) is 0 Å². The van der Waals surface area contributed by atoms with Gasteiger partial charge in [0.05, 0.1) is 32.2 Å². The van der Waals surface area contributed by atoms with Gasteiger partial charge in [0, 0.05) is 0 Å². The van der Waals surface area contributed by atoms with Crippen molar-refractivity contribution in [2.45, 2.75) is 50.5 Å². The largest absolute Gasteiger partial charge is 0.469 e. The highest BCUT2D eigenvalue weighted by Crippen LogP contribution is 2.34. The second kappa shape index (κ2) is 6.73.